The molecule has 1 unspecified atom stereocenters. The molecule has 2 fully saturated rings. The minimum absolute atomic E-state index is 0.182. The molecule has 2 aliphatic rings. The molecule has 2 saturated heterocycles. The van der Waals surface area contributed by atoms with Crippen LogP contribution in [0, 0.1) is 0 Å². The molecule has 0 spiro atoms. The lowest BCUT2D eigenvalue weighted by Gasteiger charge is -2.45. The fraction of sp³-hybridized carbons (Fsp3) is 0.895. The number of likely N-dealkylation sites (tertiary alicyclic amines) is 1. The van der Waals surface area contributed by atoms with Gasteiger partial charge in [0.2, 0.25) is 0 Å². The molecule has 1 atom stereocenters. The van der Waals surface area contributed by atoms with Crippen molar-refractivity contribution in [2.24, 2.45) is 7.05 Å². The summed E-state index contributed by atoms with van der Waals surface area (Å²) < 4.78 is 7.74. The highest BCUT2D eigenvalue weighted by Gasteiger charge is 2.33. The predicted molar refractivity (Wildman–Crippen MR) is 103 cm³/mol. The number of morpholine rings is 1. The fourth-order valence-electron chi connectivity index (χ4n) is 4.38. The lowest BCUT2D eigenvalue weighted by molar-refractivity contribution is -0.0243. The summed E-state index contributed by atoms with van der Waals surface area (Å²) in [5, 5.41) is 8.98. The molecule has 0 bridgehead atoms. The van der Waals surface area contributed by atoms with Gasteiger partial charge in [-0.05, 0) is 47.3 Å². The lowest BCUT2D eigenvalue weighted by Crippen LogP contribution is -2.56. The van der Waals surface area contributed by atoms with Gasteiger partial charge in [-0.1, -0.05) is 0 Å². The van der Waals surface area contributed by atoms with E-state index in [-0.39, 0.29) is 5.54 Å². The molecule has 7 heteroatoms. The first-order valence-corrected chi connectivity index (χ1v) is 9.95. The van der Waals surface area contributed by atoms with Gasteiger partial charge < -0.3 is 19.1 Å². The van der Waals surface area contributed by atoms with Gasteiger partial charge in [-0.25, -0.2) is 0 Å². The van der Waals surface area contributed by atoms with Crippen LogP contribution in [0.2, 0.25) is 0 Å². The van der Waals surface area contributed by atoms with Gasteiger partial charge in [0.05, 0.1) is 19.8 Å². The summed E-state index contributed by atoms with van der Waals surface area (Å²) >= 11 is 0. The number of hydrogen-bond donors (Lipinski definition) is 0. The number of ether oxygens (including phenoxy) is 1. The highest BCUT2D eigenvalue weighted by Crippen LogP contribution is 2.28. The SMILES string of the molecule is CN(C)Cc1nnc(C2CCCN(CC(C)(C)N3CCOCC3)C2)n1C. The van der Waals surface area contributed by atoms with E-state index in [9.17, 15) is 0 Å². The van der Waals surface area contributed by atoms with Crippen molar-refractivity contribution in [2.45, 2.75) is 44.7 Å². The number of piperidine rings is 1. The molecule has 0 aromatic carbocycles. The van der Waals surface area contributed by atoms with Crippen molar-refractivity contribution in [1.29, 1.82) is 0 Å². The molecule has 1 aromatic heterocycles. The largest absolute Gasteiger partial charge is 0.379 e. The Morgan fingerprint density at radius 2 is 1.88 bits per heavy atom. The third-order valence-corrected chi connectivity index (χ3v) is 5.80. The topological polar surface area (TPSA) is 49.7 Å². The molecule has 1 aromatic rings. The number of hydrogen-bond acceptors (Lipinski definition) is 6. The molecule has 0 radical (unpaired) electrons. The summed E-state index contributed by atoms with van der Waals surface area (Å²) in [7, 11) is 6.26. The Morgan fingerprint density at radius 3 is 2.58 bits per heavy atom. The van der Waals surface area contributed by atoms with Crippen LogP contribution in [-0.2, 0) is 18.3 Å². The Bertz CT molecular complexity index is 579. The van der Waals surface area contributed by atoms with Crippen LogP contribution in [0.5, 0.6) is 0 Å². The lowest BCUT2D eigenvalue weighted by atomic mass is 9.94. The zero-order valence-corrected chi connectivity index (χ0v) is 17.2. The quantitative estimate of drug-likeness (QED) is 0.755. The van der Waals surface area contributed by atoms with E-state index in [2.05, 4.69) is 64.5 Å². The van der Waals surface area contributed by atoms with E-state index in [1.807, 2.05) is 0 Å². The van der Waals surface area contributed by atoms with E-state index >= 15 is 0 Å². The molecule has 26 heavy (non-hydrogen) atoms. The van der Waals surface area contributed by atoms with Gasteiger partial charge in [0.1, 0.15) is 11.6 Å². The second-order valence-electron chi connectivity index (χ2n) is 8.76. The Balaban J connectivity index is 1.63. The van der Waals surface area contributed by atoms with Crippen LogP contribution < -0.4 is 0 Å². The first-order valence-electron chi connectivity index (χ1n) is 9.95. The molecule has 2 aliphatic heterocycles. The molecule has 0 saturated carbocycles. The molecule has 148 valence electrons. The van der Waals surface area contributed by atoms with Crippen LogP contribution in [-0.4, -0.2) is 95.0 Å². The zero-order valence-electron chi connectivity index (χ0n) is 17.2. The molecule has 0 amide bonds. The van der Waals surface area contributed by atoms with Crippen LogP contribution in [0.3, 0.4) is 0 Å². The van der Waals surface area contributed by atoms with Crippen LogP contribution in [0.15, 0.2) is 0 Å². The van der Waals surface area contributed by atoms with Gasteiger partial charge in [0.25, 0.3) is 0 Å². The summed E-state index contributed by atoms with van der Waals surface area (Å²) in [6.07, 6.45) is 2.45. The van der Waals surface area contributed by atoms with Crippen LogP contribution in [0.1, 0.15) is 44.3 Å². The van der Waals surface area contributed by atoms with E-state index in [0.29, 0.717) is 5.92 Å². The zero-order chi connectivity index (χ0) is 18.7. The normalized spacial score (nSPS) is 23.7. The van der Waals surface area contributed by atoms with Gasteiger partial charge in [0.15, 0.2) is 0 Å². The van der Waals surface area contributed by atoms with E-state index in [1.54, 1.807) is 0 Å². The highest BCUT2D eigenvalue weighted by atomic mass is 16.5. The minimum atomic E-state index is 0.182. The minimum Gasteiger partial charge on any atom is -0.379 e. The first kappa shape index (κ1) is 19.7. The second kappa shape index (κ2) is 8.33. The van der Waals surface area contributed by atoms with Gasteiger partial charge in [-0.3, -0.25) is 4.90 Å². The maximum Gasteiger partial charge on any atom is 0.146 e. The van der Waals surface area contributed by atoms with Crippen LogP contribution >= 0.6 is 0 Å². The number of aromatic nitrogens is 3. The Hall–Kier alpha value is -1.02. The maximum absolute atomic E-state index is 5.53. The third-order valence-electron chi connectivity index (χ3n) is 5.80. The first-order chi connectivity index (χ1) is 12.4. The molecular formula is C19H36N6O. The second-order valence-corrected chi connectivity index (χ2v) is 8.76. The fourth-order valence-corrected chi connectivity index (χ4v) is 4.38. The van der Waals surface area contributed by atoms with Crippen molar-refractivity contribution in [3.63, 3.8) is 0 Å². The van der Waals surface area contributed by atoms with Gasteiger partial charge >= 0.3 is 0 Å². The van der Waals surface area contributed by atoms with Crippen LogP contribution in [0.25, 0.3) is 0 Å². The average Bonchev–Trinajstić information content (AvgIpc) is 2.96. The summed E-state index contributed by atoms with van der Waals surface area (Å²) in [4.78, 5) is 7.35. The van der Waals surface area contributed by atoms with Crippen molar-refractivity contribution in [3.8, 4) is 0 Å². The Morgan fingerprint density at radius 1 is 1.15 bits per heavy atom. The van der Waals surface area contributed by atoms with Crippen LogP contribution in [0.4, 0.5) is 0 Å². The molecule has 0 aliphatic carbocycles. The van der Waals surface area contributed by atoms with Gasteiger partial charge in [-0.15, -0.1) is 10.2 Å². The van der Waals surface area contributed by atoms with E-state index in [4.69, 9.17) is 4.74 Å². The van der Waals surface area contributed by atoms with Gasteiger partial charge in [-0.2, -0.15) is 0 Å². The van der Waals surface area contributed by atoms with Crippen molar-refractivity contribution in [2.75, 3.05) is 60.0 Å². The molecule has 3 rings (SSSR count). The summed E-state index contributed by atoms with van der Waals surface area (Å²) in [5.74, 6) is 2.68. The third kappa shape index (κ3) is 4.63. The number of rotatable bonds is 6. The Kier molecular flexibility index (Phi) is 6.33. The van der Waals surface area contributed by atoms with E-state index in [1.165, 1.54) is 19.4 Å². The van der Waals surface area contributed by atoms with E-state index in [0.717, 1.165) is 57.6 Å². The monoisotopic (exact) mass is 364 g/mol. The Labute approximate surface area is 158 Å². The van der Waals surface area contributed by atoms with Gasteiger partial charge in [0, 0.05) is 44.7 Å². The molecule has 3 heterocycles. The average molecular weight is 365 g/mol. The predicted octanol–water partition coefficient (Wildman–Crippen LogP) is 1.17. The van der Waals surface area contributed by atoms with Crippen molar-refractivity contribution in [3.05, 3.63) is 11.6 Å². The number of nitrogens with zero attached hydrogens (tertiary/aromatic N) is 6. The molecular weight excluding hydrogens is 328 g/mol. The maximum atomic E-state index is 5.53. The smallest absolute Gasteiger partial charge is 0.146 e. The summed E-state index contributed by atoms with van der Waals surface area (Å²) in [6, 6.07) is 0. The highest BCUT2D eigenvalue weighted by molar-refractivity contribution is 5.04. The standard InChI is InChI=1S/C19H36N6O/c1-19(2,25-9-11-26-12-10-25)15-24-8-6-7-16(13-24)18-21-20-17(23(18)5)14-22(3)4/h16H,6-15H2,1-5H3. The van der Waals surface area contributed by atoms with E-state index < -0.39 is 0 Å². The van der Waals surface area contributed by atoms with Crippen molar-refractivity contribution >= 4 is 0 Å². The van der Waals surface area contributed by atoms with Crippen molar-refractivity contribution < 1.29 is 4.74 Å². The molecule has 0 N–H and O–H groups in total. The van der Waals surface area contributed by atoms with Crippen molar-refractivity contribution in [1.82, 2.24) is 29.5 Å². The summed E-state index contributed by atoms with van der Waals surface area (Å²) in [5.41, 5.74) is 0.182. The molecule has 7 nitrogen and oxygen atoms in total. The summed E-state index contributed by atoms with van der Waals surface area (Å²) in [6.45, 7) is 12.8.